The minimum Gasteiger partial charge on any atom is -0.488 e. The Morgan fingerprint density at radius 2 is 1.95 bits per heavy atom. The van der Waals surface area contributed by atoms with Gasteiger partial charge < -0.3 is 19.5 Å². The number of hydrogen-bond acceptors (Lipinski definition) is 5. The number of rotatable bonds is 6. The number of carbonyl (C=O) groups is 1. The highest BCUT2D eigenvalue weighted by molar-refractivity contribution is 5.84. The predicted octanol–water partition coefficient (Wildman–Crippen LogP) is 6.23. The second-order valence-corrected chi connectivity index (χ2v) is 12.4. The zero-order chi connectivity index (χ0) is 29.8. The molecule has 1 unspecified atom stereocenters. The molecule has 2 aromatic carbocycles. The Kier molecular flexibility index (Phi) is 7.59. The fourth-order valence-corrected chi connectivity index (χ4v) is 6.75. The van der Waals surface area contributed by atoms with Gasteiger partial charge in [0.05, 0.1) is 24.3 Å². The number of aromatic nitrogens is 2. The van der Waals surface area contributed by atoms with Gasteiger partial charge in [-0.15, -0.1) is 0 Å². The van der Waals surface area contributed by atoms with E-state index in [1.165, 1.54) is 18.7 Å². The van der Waals surface area contributed by atoms with E-state index in [1.807, 2.05) is 28.6 Å². The molecule has 2 saturated heterocycles. The van der Waals surface area contributed by atoms with Crippen LogP contribution in [0.4, 0.5) is 18.0 Å². The maximum Gasteiger partial charge on any atom is 0.407 e. The third-order valence-electron chi connectivity index (χ3n) is 8.65. The summed E-state index contributed by atoms with van der Waals surface area (Å²) in [6, 6.07) is 5.01. The SMILES string of the molecule is C[C@@H]1Cc2c(ccc3c2cnn3C2CCCCO2)[C@@H](c2c(F)cc(O[C@H]3CCN(C(=O)O)C3)cc2F)N1CC(C)(C)F. The number of likely N-dealkylation sites (tertiary alicyclic amines) is 1. The van der Waals surface area contributed by atoms with Crippen molar-refractivity contribution in [2.75, 3.05) is 26.2 Å². The number of fused-ring (bicyclic) bond motifs is 3. The summed E-state index contributed by atoms with van der Waals surface area (Å²) >= 11 is 0. The van der Waals surface area contributed by atoms with Crippen molar-refractivity contribution in [3.63, 3.8) is 0 Å². The third kappa shape index (κ3) is 5.44. The number of amides is 1. The topological polar surface area (TPSA) is 80.1 Å². The molecule has 3 aromatic rings. The lowest BCUT2D eigenvalue weighted by molar-refractivity contribution is -0.0366. The summed E-state index contributed by atoms with van der Waals surface area (Å²) in [5.74, 6) is -1.59. The van der Waals surface area contributed by atoms with E-state index >= 15 is 13.2 Å². The van der Waals surface area contributed by atoms with E-state index in [4.69, 9.17) is 9.47 Å². The number of halogens is 3. The molecule has 4 heterocycles. The highest BCUT2D eigenvalue weighted by Gasteiger charge is 2.40. The van der Waals surface area contributed by atoms with E-state index in [0.717, 1.165) is 47.9 Å². The first-order valence-corrected chi connectivity index (χ1v) is 14.7. The van der Waals surface area contributed by atoms with Crippen LogP contribution in [0.25, 0.3) is 10.9 Å². The second-order valence-electron chi connectivity index (χ2n) is 12.4. The van der Waals surface area contributed by atoms with Crippen LogP contribution in [0.2, 0.25) is 0 Å². The fourth-order valence-electron chi connectivity index (χ4n) is 6.75. The first-order valence-electron chi connectivity index (χ1n) is 14.7. The van der Waals surface area contributed by atoms with Crippen LogP contribution in [-0.2, 0) is 11.2 Å². The molecule has 0 spiro atoms. The maximum absolute atomic E-state index is 16.0. The van der Waals surface area contributed by atoms with Crippen LogP contribution in [0.3, 0.4) is 0 Å². The summed E-state index contributed by atoms with van der Waals surface area (Å²) in [4.78, 5) is 14.3. The minimum absolute atomic E-state index is 0.00310. The van der Waals surface area contributed by atoms with Crippen LogP contribution < -0.4 is 4.74 Å². The Morgan fingerprint density at radius 3 is 2.60 bits per heavy atom. The van der Waals surface area contributed by atoms with E-state index in [-0.39, 0.29) is 36.7 Å². The molecule has 42 heavy (non-hydrogen) atoms. The average molecular weight is 587 g/mol. The lowest BCUT2D eigenvalue weighted by atomic mass is 9.82. The van der Waals surface area contributed by atoms with Crippen LogP contribution in [0.5, 0.6) is 5.75 Å². The van der Waals surface area contributed by atoms with Crippen molar-refractivity contribution in [2.45, 2.75) is 83.0 Å². The van der Waals surface area contributed by atoms with Crippen molar-refractivity contribution in [2.24, 2.45) is 0 Å². The van der Waals surface area contributed by atoms with Gasteiger partial charge in [0, 0.05) is 55.2 Å². The largest absolute Gasteiger partial charge is 0.488 e. The molecule has 226 valence electrons. The molecule has 4 atom stereocenters. The van der Waals surface area contributed by atoms with Crippen LogP contribution >= 0.6 is 0 Å². The third-order valence-corrected chi connectivity index (χ3v) is 8.65. The second kappa shape index (κ2) is 11.1. The minimum atomic E-state index is -1.61. The summed E-state index contributed by atoms with van der Waals surface area (Å²) in [6.45, 7) is 5.98. The number of benzene rings is 2. The molecule has 1 N–H and O–H groups in total. The molecule has 0 radical (unpaired) electrons. The zero-order valence-electron chi connectivity index (χ0n) is 24.2. The monoisotopic (exact) mass is 586 g/mol. The van der Waals surface area contributed by atoms with Gasteiger partial charge in [-0.2, -0.15) is 5.10 Å². The van der Waals surface area contributed by atoms with Gasteiger partial charge in [-0.1, -0.05) is 6.07 Å². The Hall–Kier alpha value is -3.31. The Labute approximate surface area is 243 Å². The van der Waals surface area contributed by atoms with Crippen molar-refractivity contribution in [3.05, 3.63) is 58.8 Å². The molecule has 6 rings (SSSR count). The molecule has 3 aliphatic heterocycles. The Morgan fingerprint density at radius 1 is 1.19 bits per heavy atom. The average Bonchev–Trinajstić information content (AvgIpc) is 3.57. The highest BCUT2D eigenvalue weighted by Crippen LogP contribution is 2.44. The van der Waals surface area contributed by atoms with Gasteiger partial charge in [0.25, 0.3) is 0 Å². The van der Waals surface area contributed by atoms with Gasteiger partial charge in [0.1, 0.15) is 29.2 Å². The summed E-state index contributed by atoms with van der Waals surface area (Å²) in [7, 11) is 0. The fraction of sp³-hybridized carbons (Fsp3) is 0.548. The van der Waals surface area contributed by atoms with Crippen LogP contribution in [-0.4, -0.2) is 74.8 Å². The Bertz CT molecular complexity index is 1460. The molecule has 0 saturated carbocycles. The van der Waals surface area contributed by atoms with Gasteiger partial charge in [-0.3, -0.25) is 4.90 Å². The predicted molar refractivity (Wildman–Crippen MR) is 150 cm³/mol. The zero-order valence-corrected chi connectivity index (χ0v) is 24.2. The summed E-state index contributed by atoms with van der Waals surface area (Å²) in [6.07, 6.45) is 4.04. The summed E-state index contributed by atoms with van der Waals surface area (Å²) < 4.78 is 60.8. The van der Waals surface area contributed by atoms with E-state index < -0.39 is 35.5 Å². The molecular formula is C31H37F3N4O4. The number of ether oxygens (including phenoxy) is 2. The molecule has 11 heteroatoms. The van der Waals surface area contributed by atoms with Crippen molar-refractivity contribution >= 4 is 17.0 Å². The number of nitrogens with zero attached hydrogens (tertiary/aromatic N) is 4. The number of alkyl halides is 1. The lowest BCUT2D eigenvalue weighted by Crippen LogP contribution is -2.48. The molecule has 0 aliphatic carbocycles. The molecule has 3 aliphatic rings. The number of carboxylic acid groups (broad SMARTS) is 1. The van der Waals surface area contributed by atoms with E-state index in [1.54, 1.807) is 6.20 Å². The van der Waals surface area contributed by atoms with Crippen molar-refractivity contribution in [1.82, 2.24) is 19.6 Å². The normalized spacial score (nSPS) is 25.1. The highest BCUT2D eigenvalue weighted by atomic mass is 19.1. The lowest BCUT2D eigenvalue weighted by Gasteiger charge is -2.44. The van der Waals surface area contributed by atoms with Gasteiger partial charge in [0.15, 0.2) is 6.23 Å². The quantitative estimate of drug-likeness (QED) is 0.369. The van der Waals surface area contributed by atoms with E-state index in [0.29, 0.717) is 31.6 Å². The van der Waals surface area contributed by atoms with Gasteiger partial charge in [-0.25, -0.2) is 22.6 Å². The van der Waals surface area contributed by atoms with Gasteiger partial charge >= 0.3 is 6.09 Å². The van der Waals surface area contributed by atoms with Crippen molar-refractivity contribution < 1.29 is 32.5 Å². The maximum atomic E-state index is 16.0. The van der Waals surface area contributed by atoms with E-state index in [9.17, 15) is 9.90 Å². The van der Waals surface area contributed by atoms with Gasteiger partial charge in [-0.05, 0) is 63.6 Å². The number of hydrogen-bond donors (Lipinski definition) is 1. The van der Waals surface area contributed by atoms with E-state index in [2.05, 4.69) is 5.10 Å². The van der Waals surface area contributed by atoms with Crippen LogP contribution in [0.1, 0.15) is 75.4 Å². The summed E-state index contributed by atoms with van der Waals surface area (Å²) in [5.41, 5.74) is 0.793. The summed E-state index contributed by atoms with van der Waals surface area (Å²) in [5, 5.41) is 14.8. The smallest absolute Gasteiger partial charge is 0.407 e. The van der Waals surface area contributed by atoms with Crippen molar-refractivity contribution in [1.29, 1.82) is 0 Å². The van der Waals surface area contributed by atoms with Crippen LogP contribution in [0, 0.1) is 11.6 Å². The molecular weight excluding hydrogens is 549 g/mol. The molecule has 1 aromatic heterocycles. The first-order chi connectivity index (χ1) is 20.0. The van der Waals surface area contributed by atoms with Gasteiger partial charge in [0.2, 0.25) is 0 Å². The molecule has 0 bridgehead atoms. The first kappa shape index (κ1) is 28.8. The standard InChI is InChI=1S/C31H37F3N4O4/c1-18-12-22-21(7-8-26-23(22)15-35-38(26)27-6-4-5-11-41-27)29(37(18)17-31(2,3)34)28-24(32)13-20(14-25(28)33)42-19-9-10-36(16-19)30(39)40/h7-8,13-15,18-19,27,29H,4-6,9-12,16-17H2,1-3H3,(H,39,40)/t18-,19+,27?,29+/m1/s1. The molecule has 8 nitrogen and oxygen atoms in total. The molecule has 2 fully saturated rings. The van der Waals surface area contributed by atoms with Crippen LogP contribution in [0.15, 0.2) is 30.5 Å². The molecule has 1 amide bonds. The van der Waals surface area contributed by atoms with Crippen molar-refractivity contribution in [3.8, 4) is 5.75 Å². The Balaban J connectivity index is 1.40.